The van der Waals surface area contributed by atoms with E-state index in [0.29, 0.717) is 5.41 Å². The summed E-state index contributed by atoms with van der Waals surface area (Å²) >= 11 is 0. The zero-order valence-electron chi connectivity index (χ0n) is 8.52. The molecule has 1 aliphatic rings. The van der Waals surface area contributed by atoms with Crippen LogP contribution in [0.4, 0.5) is 0 Å². The lowest BCUT2D eigenvalue weighted by Gasteiger charge is -2.50. The van der Waals surface area contributed by atoms with Gasteiger partial charge in [-0.2, -0.15) is 0 Å². The highest BCUT2D eigenvalue weighted by molar-refractivity contribution is 4.90. The highest BCUT2D eigenvalue weighted by atomic mass is 15.2. The van der Waals surface area contributed by atoms with E-state index in [2.05, 4.69) is 39.5 Å². The Kier molecular flexibility index (Phi) is 2.29. The average Bonchev–Trinajstić information content (AvgIpc) is 1.80. The van der Waals surface area contributed by atoms with Crippen LogP contribution in [0.5, 0.6) is 0 Å². The van der Waals surface area contributed by atoms with E-state index in [1.807, 2.05) is 0 Å². The van der Waals surface area contributed by atoms with Gasteiger partial charge in [-0.25, -0.2) is 0 Å². The van der Waals surface area contributed by atoms with Gasteiger partial charge in [0.1, 0.15) is 0 Å². The van der Waals surface area contributed by atoms with Gasteiger partial charge in [0.15, 0.2) is 0 Å². The summed E-state index contributed by atoms with van der Waals surface area (Å²) in [5.74, 6) is 0.797. The van der Waals surface area contributed by atoms with E-state index in [0.717, 1.165) is 12.0 Å². The Morgan fingerprint density at radius 3 is 1.82 bits per heavy atom. The van der Waals surface area contributed by atoms with Crippen LogP contribution in [-0.4, -0.2) is 24.0 Å². The second-order valence-corrected chi connectivity index (χ2v) is 5.05. The van der Waals surface area contributed by atoms with Crippen molar-refractivity contribution in [2.75, 3.05) is 13.1 Å². The summed E-state index contributed by atoms with van der Waals surface area (Å²) in [6.07, 6.45) is 0. The molecule has 0 aromatic carbocycles. The van der Waals surface area contributed by atoms with Gasteiger partial charge in [-0.05, 0) is 18.3 Å². The fourth-order valence-electron chi connectivity index (χ4n) is 1.76. The first-order chi connectivity index (χ1) is 4.92. The zero-order chi connectivity index (χ0) is 8.65. The third-order valence-corrected chi connectivity index (χ3v) is 2.80. The van der Waals surface area contributed by atoms with E-state index in [1.54, 1.807) is 0 Å². The Bertz CT molecular complexity index is 130. The van der Waals surface area contributed by atoms with Crippen molar-refractivity contribution in [1.29, 1.82) is 0 Å². The van der Waals surface area contributed by atoms with Crippen molar-refractivity contribution in [1.82, 2.24) is 4.90 Å². The van der Waals surface area contributed by atoms with Crippen molar-refractivity contribution >= 4 is 0 Å². The maximum Gasteiger partial charge on any atom is 0.00904 e. The van der Waals surface area contributed by atoms with Crippen molar-refractivity contribution in [3.8, 4) is 0 Å². The number of rotatable bonds is 2. The minimum absolute atomic E-state index is 0.586. The summed E-state index contributed by atoms with van der Waals surface area (Å²) in [5.41, 5.74) is 0.586. The van der Waals surface area contributed by atoms with E-state index in [-0.39, 0.29) is 0 Å². The van der Waals surface area contributed by atoms with Gasteiger partial charge in [0.2, 0.25) is 0 Å². The molecule has 1 heteroatoms. The van der Waals surface area contributed by atoms with Crippen LogP contribution < -0.4 is 0 Å². The Labute approximate surface area is 70.8 Å². The summed E-state index contributed by atoms with van der Waals surface area (Å²) < 4.78 is 0. The second kappa shape index (κ2) is 2.78. The molecule has 0 aliphatic carbocycles. The number of hydrogen-bond donors (Lipinski definition) is 0. The zero-order valence-corrected chi connectivity index (χ0v) is 8.52. The van der Waals surface area contributed by atoms with Crippen molar-refractivity contribution in [3.05, 3.63) is 0 Å². The smallest absolute Gasteiger partial charge is 0.00904 e. The minimum Gasteiger partial charge on any atom is -0.299 e. The molecule has 0 saturated carbocycles. The molecule has 1 fully saturated rings. The highest BCUT2D eigenvalue weighted by Gasteiger charge is 2.37. The predicted octanol–water partition coefficient (Wildman–Crippen LogP) is 2.37. The molecule has 11 heavy (non-hydrogen) atoms. The first kappa shape index (κ1) is 9.05. The second-order valence-electron chi connectivity index (χ2n) is 5.05. The van der Waals surface area contributed by atoms with Crippen molar-refractivity contribution in [2.24, 2.45) is 11.3 Å². The molecule has 0 radical (unpaired) electrons. The van der Waals surface area contributed by atoms with Crippen LogP contribution in [0.15, 0.2) is 0 Å². The summed E-state index contributed by atoms with van der Waals surface area (Å²) in [7, 11) is 0. The number of hydrogen-bond acceptors (Lipinski definition) is 1. The highest BCUT2D eigenvalue weighted by Crippen LogP contribution is 2.31. The molecular weight excluding hydrogens is 134 g/mol. The van der Waals surface area contributed by atoms with E-state index < -0.39 is 0 Å². The minimum atomic E-state index is 0.586. The molecule has 1 nitrogen and oxygen atoms in total. The first-order valence-corrected chi connectivity index (χ1v) is 4.66. The molecule has 1 saturated heterocycles. The summed E-state index contributed by atoms with van der Waals surface area (Å²) in [6.45, 7) is 14.2. The molecule has 1 rings (SSSR count). The Balaban J connectivity index is 2.32. The van der Waals surface area contributed by atoms with Crippen LogP contribution in [0.1, 0.15) is 34.6 Å². The maximum atomic E-state index is 2.57. The molecule has 1 atom stereocenters. The molecule has 0 aromatic rings. The summed E-state index contributed by atoms with van der Waals surface area (Å²) in [4.78, 5) is 2.57. The van der Waals surface area contributed by atoms with Gasteiger partial charge in [-0.1, -0.05) is 27.7 Å². The van der Waals surface area contributed by atoms with Gasteiger partial charge in [-0.15, -0.1) is 0 Å². The summed E-state index contributed by atoms with van der Waals surface area (Å²) in [5, 5.41) is 0. The Morgan fingerprint density at radius 1 is 1.09 bits per heavy atom. The van der Waals surface area contributed by atoms with Gasteiger partial charge in [0.25, 0.3) is 0 Å². The molecule has 0 aromatic heterocycles. The van der Waals surface area contributed by atoms with Crippen LogP contribution in [0.3, 0.4) is 0 Å². The van der Waals surface area contributed by atoms with Gasteiger partial charge in [0, 0.05) is 19.1 Å². The van der Waals surface area contributed by atoms with Crippen LogP contribution in [0, 0.1) is 11.3 Å². The van der Waals surface area contributed by atoms with E-state index in [1.165, 1.54) is 13.1 Å². The largest absolute Gasteiger partial charge is 0.299 e. The Morgan fingerprint density at radius 2 is 1.55 bits per heavy atom. The van der Waals surface area contributed by atoms with Crippen LogP contribution in [-0.2, 0) is 0 Å². The fraction of sp³-hybridized carbons (Fsp3) is 1.00. The van der Waals surface area contributed by atoms with Crippen molar-refractivity contribution < 1.29 is 0 Å². The molecule has 0 N–H and O–H groups in total. The van der Waals surface area contributed by atoms with Crippen molar-refractivity contribution in [2.45, 2.75) is 40.7 Å². The molecular formula is C10H21N. The summed E-state index contributed by atoms with van der Waals surface area (Å²) in [6, 6.07) is 0.767. The van der Waals surface area contributed by atoms with Crippen LogP contribution >= 0.6 is 0 Å². The van der Waals surface area contributed by atoms with E-state index >= 15 is 0 Å². The molecule has 1 aliphatic heterocycles. The topological polar surface area (TPSA) is 3.24 Å². The lowest BCUT2D eigenvalue weighted by molar-refractivity contribution is -0.0144. The van der Waals surface area contributed by atoms with Gasteiger partial charge in [-0.3, -0.25) is 4.90 Å². The SMILES string of the molecule is CC(C)C(C)N1CC(C)(C)C1. The third-order valence-electron chi connectivity index (χ3n) is 2.80. The monoisotopic (exact) mass is 155 g/mol. The van der Waals surface area contributed by atoms with Crippen LogP contribution in [0.25, 0.3) is 0 Å². The Hall–Kier alpha value is -0.0400. The normalized spacial score (nSPS) is 26.7. The van der Waals surface area contributed by atoms with Gasteiger partial charge < -0.3 is 0 Å². The molecule has 1 unspecified atom stereocenters. The average molecular weight is 155 g/mol. The molecule has 0 amide bonds. The van der Waals surface area contributed by atoms with E-state index in [4.69, 9.17) is 0 Å². The first-order valence-electron chi connectivity index (χ1n) is 4.66. The molecule has 1 heterocycles. The molecule has 0 bridgehead atoms. The van der Waals surface area contributed by atoms with Gasteiger partial charge >= 0.3 is 0 Å². The number of likely N-dealkylation sites (tertiary alicyclic amines) is 1. The number of nitrogens with zero attached hydrogens (tertiary/aromatic N) is 1. The van der Waals surface area contributed by atoms with Crippen LogP contribution in [0.2, 0.25) is 0 Å². The lowest BCUT2D eigenvalue weighted by Crippen LogP contribution is -2.57. The van der Waals surface area contributed by atoms with Crippen molar-refractivity contribution in [3.63, 3.8) is 0 Å². The maximum absolute atomic E-state index is 2.57. The third kappa shape index (κ3) is 1.96. The quantitative estimate of drug-likeness (QED) is 0.592. The fourth-order valence-corrected chi connectivity index (χ4v) is 1.76. The lowest BCUT2D eigenvalue weighted by atomic mass is 9.82. The standard InChI is InChI=1S/C10H21N/c1-8(2)9(3)11-6-10(4,5)7-11/h8-9H,6-7H2,1-5H3. The van der Waals surface area contributed by atoms with E-state index in [9.17, 15) is 0 Å². The van der Waals surface area contributed by atoms with Gasteiger partial charge in [0.05, 0.1) is 0 Å². The molecule has 66 valence electrons. The molecule has 0 spiro atoms. The predicted molar refractivity (Wildman–Crippen MR) is 49.7 cm³/mol.